The zero-order valence-electron chi connectivity index (χ0n) is 6.61. The third-order valence-electron chi connectivity index (χ3n) is 1.49. The van der Waals surface area contributed by atoms with Gasteiger partial charge in [0, 0.05) is 17.5 Å². The van der Waals surface area contributed by atoms with Gasteiger partial charge >= 0.3 is 5.97 Å². The second kappa shape index (κ2) is 3.13. The normalized spacial score (nSPS) is 9.42. The highest BCUT2D eigenvalue weighted by atomic mass is 16.4. The minimum atomic E-state index is -1.05. The minimum Gasteiger partial charge on any atom is -0.478 e. The topological polar surface area (TPSA) is 63.1 Å². The summed E-state index contributed by atoms with van der Waals surface area (Å²) < 4.78 is 0. The molecular formula is C8H8N2O2. The van der Waals surface area contributed by atoms with Crippen LogP contribution >= 0.6 is 0 Å². The standard InChI is InChI=1S/C8H8N2O2/c1-5(8(11)12)7-3-9-4-10-6(7)2/h3-4H,1H2,2H3,(H,11,12). The van der Waals surface area contributed by atoms with Crippen molar-refractivity contribution < 1.29 is 9.90 Å². The molecule has 4 heteroatoms. The van der Waals surface area contributed by atoms with E-state index in [0.29, 0.717) is 11.3 Å². The highest BCUT2D eigenvalue weighted by Crippen LogP contribution is 2.13. The van der Waals surface area contributed by atoms with E-state index in [0.717, 1.165) is 0 Å². The van der Waals surface area contributed by atoms with Crippen molar-refractivity contribution in [2.24, 2.45) is 0 Å². The number of nitrogens with zero attached hydrogens (tertiary/aromatic N) is 2. The molecule has 62 valence electrons. The van der Waals surface area contributed by atoms with E-state index in [1.165, 1.54) is 12.5 Å². The Morgan fingerprint density at radius 3 is 2.83 bits per heavy atom. The average Bonchev–Trinajstić information content (AvgIpc) is 2.04. The summed E-state index contributed by atoms with van der Waals surface area (Å²) in [6, 6.07) is 0. The van der Waals surface area contributed by atoms with Crippen LogP contribution in [0.2, 0.25) is 0 Å². The third kappa shape index (κ3) is 1.47. The van der Waals surface area contributed by atoms with Gasteiger partial charge in [0.2, 0.25) is 0 Å². The van der Waals surface area contributed by atoms with Crippen LogP contribution in [0.5, 0.6) is 0 Å². The Kier molecular flexibility index (Phi) is 2.19. The van der Waals surface area contributed by atoms with Crippen molar-refractivity contribution >= 4 is 11.5 Å². The molecule has 1 N–H and O–H groups in total. The van der Waals surface area contributed by atoms with Gasteiger partial charge in [-0.2, -0.15) is 0 Å². The molecular weight excluding hydrogens is 156 g/mol. The van der Waals surface area contributed by atoms with Crippen LogP contribution < -0.4 is 0 Å². The number of rotatable bonds is 2. The van der Waals surface area contributed by atoms with Crippen LogP contribution in [-0.2, 0) is 4.79 Å². The molecule has 0 aliphatic rings. The predicted molar refractivity (Wildman–Crippen MR) is 43.4 cm³/mol. The maximum absolute atomic E-state index is 10.5. The number of hydrogen-bond acceptors (Lipinski definition) is 3. The highest BCUT2D eigenvalue weighted by Gasteiger charge is 2.09. The van der Waals surface area contributed by atoms with Crippen molar-refractivity contribution in [1.82, 2.24) is 9.97 Å². The lowest BCUT2D eigenvalue weighted by atomic mass is 10.1. The van der Waals surface area contributed by atoms with Crippen molar-refractivity contribution in [3.8, 4) is 0 Å². The van der Waals surface area contributed by atoms with Crippen LogP contribution in [0.1, 0.15) is 11.3 Å². The number of aliphatic carboxylic acids is 1. The van der Waals surface area contributed by atoms with Crippen LogP contribution in [0.4, 0.5) is 0 Å². The number of carboxylic acids is 1. The first-order valence-electron chi connectivity index (χ1n) is 3.32. The van der Waals surface area contributed by atoms with Gasteiger partial charge in [-0.1, -0.05) is 6.58 Å². The fraction of sp³-hybridized carbons (Fsp3) is 0.125. The summed E-state index contributed by atoms with van der Waals surface area (Å²) in [4.78, 5) is 18.1. The van der Waals surface area contributed by atoms with Crippen molar-refractivity contribution in [3.63, 3.8) is 0 Å². The molecule has 0 aliphatic carbocycles. The van der Waals surface area contributed by atoms with Crippen LogP contribution in [0, 0.1) is 6.92 Å². The van der Waals surface area contributed by atoms with Gasteiger partial charge < -0.3 is 5.11 Å². The summed E-state index contributed by atoms with van der Waals surface area (Å²) >= 11 is 0. The van der Waals surface area contributed by atoms with Gasteiger partial charge in [0.1, 0.15) is 6.33 Å². The molecule has 4 nitrogen and oxygen atoms in total. The van der Waals surface area contributed by atoms with E-state index in [1.54, 1.807) is 6.92 Å². The van der Waals surface area contributed by atoms with Gasteiger partial charge in [-0.3, -0.25) is 0 Å². The Hall–Kier alpha value is -1.71. The van der Waals surface area contributed by atoms with Gasteiger partial charge in [0.15, 0.2) is 0 Å². The second-order valence-corrected chi connectivity index (χ2v) is 2.31. The third-order valence-corrected chi connectivity index (χ3v) is 1.49. The van der Waals surface area contributed by atoms with E-state index in [1.807, 2.05) is 0 Å². The average molecular weight is 164 g/mol. The molecule has 12 heavy (non-hydrogen) atoms. The largest absolute Gasteiger partial charge is 0.478 e. The molecule has 0 radical (unpaired) electrons. The zero-order valence-corrected chi connectivity index (χ0v) is 6.61. The molecule has 0 bridgehead atoms. The van der Waals surface area contributed by atoms with E-state index in [2.05, 4.69) is 16.5 Å². The molecule has 0 aliphatic heterocycles. The number of aromatic nitrogens is 2. The van der Waals surface area contributed by atoms with Gasteiger partial charge in [0.05, 0.1) is 5.57 Å². The summed E-state index contributed by atoms with van der Waals surface area (Å²) in [5.74, 6) is -1.05. The van der Waals surface area contributed by atoms with Crippen LogP contribution in [0.3, 0.4) is 0 Å². The molecule has 0 saturated heterocycles. The Morgan fingerprint density at radius 1 is 1.67 bits per heavy atom. The molecule has 1 heterocycles. The Labute approximate surface area is 69.6 Å². The molecule has 0 aromatic carbocycles. The molecule has 0 atom stereocenters. The molecule has 0 unspecified atom stereocenters. The number of carboxylic acid groups (broad SMARTS) is 1. The first-order valence-corrected chi connectivity index (χ1v) is 3.32. The number of aryl methyl sites for hydroxylation is 1. The highest BCUT2D eigenvalue weighted by molar-refractivity contribution is 6.14. The molecule has 1 rings (SSSR count). The lowest BCUT2D eigenvalue weighted by Gasteiger charge is -2.01. The maximum atomic E-state index is 10.5. The van der Waals surface area contributed by atoms with E-state index in [4.69, 9.17) is 5.11 Å². The number of hydrogen-bond donors (Lipinski definition) is 1. The molecule has 0 spiro atoms. The summed E-state index contributed by atoms with van der Waals surface area (Å²) in [5, 5.41) is 8.60. The first kappa shape index (κ1) is 8.39. The summed E-state index contributed by atoms with van der Waals surface area (Å²) in [6.07, 6.45) is 2.81. The minimum absolute atomic E-state index is 0.0214. The summed E-state index contributed by atoms with van der Waals surface area (Å²) in [6.45, 7) is 5.12. The van der Waals surface area contributed by atoms with E-state index in [-0.39, 0.29) is 5.57 Å². The van der Waals surface area contributed by atoms with Gasteiger partial charge in [-0.05, 0) is 6.92 Å². The van der Waals surface area contributed by atoms with Gasteiger partial charge in [0.25, 0.3) is 0 Å². The molecule has 0 fully saturated rings. The van der Waals surface area contributed by atoms with E-state index < -0.39 is 5.97 Å². The monoisotopic (exact) mass is 164 g/mol. The molecule has 1 aromatic rings. The quantitative estimate of drug-likeness (QED) is 0.659. The second-order valence-electron chi connectivity index (χ2n) is 2.31. The van der Waals surface area contributed by atoms with Crippen LogP contribution in [0.15, 0.2) is 19.1 Å². The Morgan fingerprint density at radius 2 is 2.33 bits per heavy atom. The van der Waals surface area contributed by atoms with Crippen molar-refractivity contribution in [2.75, 3.05) is 0 Å². The lowest BCUT2D eigenvalue weighted by Crippen LogP contribution is -2.01. The lowest BCUT2D eigenvalue weighted by molar-refractivity contribution is -0.130. The van der Waals surface area contributed by atoms with Crippen LogP contribution in [-0.4, -0.2) is 21.0 Å². The van der Waals surface area contributed by atoms with Gasteiger partial charge in [-0.25, -0.2) is 14.8 Å². The zero-order chi connectivity index (χ0) is 9.14. The van der Waals surface area contributed by atoms with Crippen molar-refractivity contribution in [1.29, 1.82) is 0 Å². The van der Waals surface area contributed by atoms with Gasteiger partial charge in [-0.15, -0.1) is 0 Å². The molecule has 0 saturated carbocycles. The fourth-order valence-electron chi connectivity index (χ4n) is 0.802. The molecule has 0 amide bonds. The fourth-order valence-corrected chi connectivity index (χ4v) is 0.802. The number of carbonyl (C=O) groups is 1. The van der Waals surface area contributed by atoms with E-state index >= 15 is 0 Å². The maximum Gasteiger partial charge on any atom is 0.335 e. The Bertz CT molecular complexity index is 334. The predicted octanol–water partition coefficient (Wildman–Crippen LogP) is 0.883. The molecule has 1 aromatic heterocycles. The smallest absolute Gasteiger partial charge is 0.335 e. The van der Waals surface area contributed by atoms with Crippen LogP contribution in [0.25, 0.3) is 5.57 Å². The summed E-state index contributed by atoms with van der Waals surface area (Å²) in [7, 11) is 0. The van der Waals surface area contributed by atoms with E-state index in [9.17, 15) is 4.79 Å². The van der Waals surface area contributed by atoms with Crippen molar-refractivity contribution in [3.05, 3.63) is 30.4 Å². The Balaban J connectivity index is 3.11. The summed E-state index contributed by atoms with van der Waals surface area (Å²) in [5.41, 5.74) is 1.12. The first-order chi connectivity index (χ1) is 5.63. The SMILES string of the molecule is C=C(C(=O)O)c1cncnc1C. The van der Waals surface area contributed by atoms with Crippen molar-refractivity contribution in [2.45, 2.75) is 6.92 Å².